The van der Waals surface area contributed by atoms with Crippen molar-refractivity contribution in [1.29, 1.82) is 0 Å². The van der Waals surface area contributed by atoms with E-state index < -0.39 is 11.2 Å². The Morgan fingerprint density at radius 3 is 2.59 bits per heavy atom. The van der Waals surface area contributed by atoms with E-state index >= 15 is 0 Å². The van der Waals surface area contributed by atoms with Gasteiger partial charge in [-0.15, -0.1) is 0 Å². The molecule has 0 saturated heterocycles. The van der Waals surface area contributed by atoms with Crippen molar-refractivity contribution in [3.8, 4) is 5.75 Å². The summed E-state index contributed by atoms with van der Waals surface area (Å²) in [6.45, 7) is 0.594. The number of hydrogen-bond donors (Lipinski definition) is 1. The van der Waals surface area contributed by atoms with Crippen molar-refractivity contribution in [2.45, 2.75) is 36.9 Å². The van der Waals surface area contributed by atoms with Crippen molar-refractivity contribution in [2.24, 2.45) is 0 Å². The fraction of sp³-hybridized carbons (Fsp3) is 0.360. The smallest absolute Gasteiger partial charge is 0.126 e. The molecule has 0 saturated carbocycles. The van der Waals surface area contributed by atoms with Crippen molar-refractivity contribution in [3.63, 3.8) is 0 Å². The van der Waals surface area contributed by atoms with Gasteiger partial charge in [0.25, 0.3) is 0 Å². The summed E-state index contributed by atoms with van der Waals surface area (Å²) < 4.78 is 11.9. The molecule has 2 aromatic rings. The molecule has 2 atom stereocenters. The van der Waals surface area contributed by atoms with E-state index in [1.807, 2.05) is 72.8 Å². The second kappa shape index (κ2) is 10.2. The zero-order valence-corrected chi connectivity index (χ0v) is 18.5. The highest BCUT2D eigenvalue weighted by atomic mass is 79.9. The third kappa shape index (κ3) is 5.00. The molecule has 0 heterocycles. The highest BCUT2D eigenvalue weighted by molar-refractivity contribution is 9.09. The molecule has 1 aliphatic rings. The summed E-state index contributed by atoms with van der Waals surface area (Å²) in [7, 11) is 1.66. The number of benzene rings is 2. The minimum absolute atomic E-state index is 0.421. The number of hydrogen-bond acceptors (Lipinski definition) is 3. The molecule has 0 amide bonds. The van der Waals surface area contributed by atoms with Crippen molar-refractivity contribution in [1.82, 2.24) is 0 Å². The van der Waals surface area contributed by atoms with Crippen LogP contribution in [0, 0.1) is 0 Å². The third-order valence-electron chi connectivity index (χ3n) is 5.47. The van der Waals surface area contributed by atoms with Gasteiger partial charge in [-0.2, -0.15) is 0 Å². The molecule has 154 valence electrons. The van der Waals surface area contributed by atoms with Crippen molar-refractivity contribution in [2.75, 3.05) is 19.0 Å². The quantitative estimate of drug-likeness (QED) is 0.375. The number of halogens is 1. The third-order valence-corrected chi connectivity index (χ3v) is 6.03. The van der Waals surface area contributed by atoms with Gasteiger partial charge in [0.05, 0.1) is 7.11 Å². The summed E-state index contributed by atoms with van der Waals surface area (Å²) in [6, 6.07) is 17.7. The van der Waals surface area contributed by atoms with Gasteiger partial charge in [-0.05, 0) is 42.2 Å². The minimum Gasteiger partial charge on any atom is -0.497 e. The SMILES string of the molecule is COc1cccc(CC(O)(c2ccccc2)C2(OCCCCBr)C=CC=CC2)c1. The molecule has 3 nitrogen and oxygen atoms in total. The summed E-state index contributed by atoms with van der Waals surface area (Å²) in [4.78, 5) is 0. The van der Waals surface area contributed by atoms with Crippen LogP contribution in [0.25, 0.3) is 0 Å². The lowest BCUT2D eigenvalue weighted by atomic mass is 9.70. The van der Waals surface area contributed by atoms with Crippen LogP contribution in [0.3, 0.4) is 0 Å². The Kier molecular flexibility index (Phi) is 7.70. The van der Waals surface area contributed by atoms with E-state index in [1.165, 1.54) is 0 Å². The van der Waals surface area contributed by atoms with Gasteiger partial charge in [0, 0.05) is 24.8 Å². The molecule has 29 heavy (non-hydrogen) atoms. The largest absolute Gasteiger partial charge is 0.497 e. The first-order valence-corrected chi connectivity index (χ1v) is 11.2. The first-order valence-electron chi connectivity index (χ1n) is 10.1. The van der Waals surface area contributed by atoms with Crippen molar-refractivity contribution < 1.29 is 14.6 Å². The van der Waals surface area contributed by atoms with Crippen LogP contribution in [0.5, 0.6) is 5.75 Å². The molecule has 0 aliphatic heterocycles. The van der Waals surface area contributed by atoms with E-state index in [1.54, 1.807) is 7.11 Å². The number of rotatable bonds is 10. The lowest BCUT2D eigenvalue weighted by Gasteiger charge is -2.46. The standard InChI is InChI=1S/C25H29BrO3/c1-28-23-14-10-11-21(19-23)20-25(27,22-12-4-2-5-13-22)24(15-6-3-7-16-24)29-18-9-8-17-26/h2-7,10-15,19,27H,8-9,16-18,20H2,1H3. The molecule has 0 radical (unpaired) electrons. The van der Waals surface area contributed by atoms with Crippen LogP contribution in [0.2, 0.25) is 0 Å². The zero-order valence-electron chi connectivity index (χ0n) is 16.9. The van der Waals surface area contributed by atoms with E-state index in [0.717, 1.165) is 35.0 Å². The van der Waals surface area contributed by atoms with Crippen LogP contribution in [-0.2, 0) is 16.8 Å². The zero-order chi connectivity index (χ0) is 20.6. The number of alkyl halides is 1. The predicted molar refractivity (Wildman–Crippen MR) is 122 cm³/mol. The first-order chi connectivity index (χ1) is 14.1. The van der Waals surface area contributed by atoms with Crippen LogP contribution in [0.15, 0.2) is 78.9 Å². The Morgan fingerprint density at radius 1 is 1.07 bits per heavy atom. The molecular formula is C25H29BrO3. The van der Waals surface area contributed by atoms with Gasteiger partial charge in [-0.3, -0.25) is 0 Å². The summed E-state index contributed by atoms with van der Waals surface area (Å²) in [5, 5.41) is 13.2. The number of ether oxygens (including phenoxy) is 2. The Morgan fingerprint density at radius 2 is 1.90 bits per heavy atom. The van der Waals surface area contributed by atoms with Crippen LogP contribution >= 0.6 is 15.9 Å². The van der Waals surface area contributed by atoms with E-state index in [4.69, 9.17) is 9.47 Å². The molecule has 2 unspecified atom stereocenters. The van der Waals surface area contributed by atoms with Gasteiger partial charge >= 0.3 is 0 Å². The summed E-state index contributed by atoms with van der Waals surface area (Å²) in [6.07, 6.45) is 11.1. The molecular weight excluding hydrogens is 428 g/mol. The van der Waals surface area contributed by atoms with Gasteiger partial charge in [0.15, 0.2) is 0 Å². The Bertz CT molecular complexity index is 833. The summed E-state index contributed by atoms with van der Waals surface area (Å²) >= 11 is 3.48. The Hall–Kier alpha value is -1.88. The van der Waals surface area contributed by atoms with Crippen molar-refractivity contribution >= 4 is 15.9 Å². The number of methoxy groups -OCH3 is 1. The van der Waals surface area contributed by atoms with Crippen molar-refractivity contribution in [3.05, 3.63) is 90.0 Å². The molecule has 0 aromatic heterocycles. The van der Waals surface area contributed by atoms with Gasteiger partial charge in [0.1, 0.15) is 17.0 Å². The van der Waals surface area contributed by atoms with E-state index in [9.17, 15) is 5.11 Å². The topological polar surface area (TPSA) is 38.7 Å². The molecule has 0 fully saturated rings. The van der Waals surface area contributed by atoms with Crippen LogP contribution < -0.4 is 4.74 Å². The lowest BCUT2D eigenvalue weighted by molar-refractivity contribution is -0.163. The normalized spacial score (nSPS) is 20.4. The molecule has 4 heteroatoms. The molecule has 0 spiro atoms. The number of unbranched alkanes of at least 4 members (excludes halogenated alkanes) is 1. The maximum atomic E-state index is 12.3. The molecule has 1 N–H and O–H groups in total. The second-order valence-corrected chi connectivity index (χ2v) is 8.17. The molecule has 2 aromatic carbocycles. The van der Waals surface area contributed by atoms with E-state index in [2.05, 4.69) is 22.0 Å². The molecule has 3 rings (SSSR count). The average Bonchev–Trinajstić information content (AvgIpc) is 2.78. The van der Waals surface area contributed by atoms with E-state index in [-0.39, 0.29) is 0 Å². The fourth-order valence-corrected chi connectivity index (χ4v) is 4.27. The van der Waals surface area contributed by atoms with Gasteiger partial charge in [-0.25, -0.2) is 0 Å². The second-order valence-electron chi connectivity index (χ2n) is 7.38. The molecule has 0 bridgehead atoms. The van der Waals surface area contributed by atoms with Gasteiger partial charge in [0.2, 0.25) is 0 Å². The van der Waals surface area contributed by atoms with Crippen LogP contribution in [0.1, 0.15) is 30.4 Å². The minimum atomic E-state index is -1.23. The fourth-order valence-electron chi connectivity index (χ4n) is 3.87. The average molecular weight is 457 g/mol. The predicted octanol–water partition coefficient (Wildman–Crippen LogP) is 5.57. The van der Waals surface area contributed by atoms with Crippen LogP contribution in [-0.4, -0.2) is 29.8 Å². The van der Waals surface area contributed by atoms with Gasteiger partial charge < -0.3 is 14.6 Å². The molecule has 1 aliphatic carbocycles. The first kappa shape index (κ1) is 21.8. The Labute approximate surface area is 182 Å². The van der Waals surface area contributed by atoms with Crippen LogP contribution in [0.4, 0.5) is 0 Å². The number of aliphatic hydroxyl groups is 1. The highest BCUT2D eigenvalue weighted by Gasteiger charge is 2.50. The Balaban J connectivity index is 2.02. The monoisotopic (exact) mass is 456 g/mol. The number of allylic oxidation sites excluding steroid dienone is 2. The maximum absolute atomic E-state index is 12.3. The highest BCUT2D eigenvalue weighted by Crippen LogP contribution is 2.44. The van der Waals surface area contributed by atoms with Gasteiger partial charge in [-0.1, -0.05) is 76.6 Å². The summed E-state index contributed by atoms with van der Waals surface area (Å²) in [5.41, 5.74) is -0.209. The maximum Gasteiger partial charge on any atom is 0.126 e. The lowest BCUT2D eigenvalue weighted by Crippen LogP contribution is -2.54. The van der Waals surface area contributed by atoms with E-state index in [0.29, 0.717) is 19.4 Å². The summed E-state index contributed by atoms with van der Waals surface area (Å²) in [5.74, 6) is 0.782.